The van der Waals surface area contributed by atoms with E-state index in [0.717, 1.165) is 22.6 Å². The second-order valence-corrected chi connectivity index (χ2v) is 7.46. The number of halogens is 1. The number of nitrogens with one attached hydrogen (secondary N) is 2. The summed E-state index contributed by atoms with van der Waals surface area (Å²) in [4.78, 5) is 23.8. The van der Waals surface area contributed by atoms with Gasteiger partial charge in [-0.15, -0.1) is 0 Å². The third-order valence-electron chi connectivity index (χ3n) is 4.68. The first-order valence-electron chi connectivity index (χ1n) is 9.54. The number of carbonyl (C=O) groups excluding carboxylic acids is 2. The van der Waals surface area contributed by atoms with Crippen molar-refractivity contribution in [2.45, 2.75) is 20.8 Å². The molecule has 6 nitrogen and oxygen atoms in total. The summed E-state index contributed by atoms with van der Waals surface area (Å²) in [6.45, 7) is 5.33. The van der Waals surface area contributed by atoms with Crippen LogP contribution in [0.1, 0.15) is 23.9 Å². The van der Waals surface area contributed by atoms with E-state index in [9.17, 15) is 14.9 Å². The molecule has 0 spiro atoms. The number of aromatic nitrogens is 1. The highest BCUT2D eigenvalue weighted by molar-refractivity contribution is 6.30. The Hall–Kier alpha value is -3.82. The number of rotatable bonds is 5. The maximum Gasteiger partial charge on any atom is 0.266 e. The maximum absolute atomic E-state index is 12.6. The molecule has 2 aromatic carbocycles. The van der Waals surface area contributed by atoms with Crippen LogP contribution in [0.2, 0.25) is 5.02 Å². The van der Waals surface area contributed by atoms with Crippen molar-refractivity contribution in [1.82, 2.24) is 4.57 Å². The van der Waals surface area contributed by atoms with Crippen molar-refractivity contribution in [2.75, 3.05) is 10.6 Å². The summed E-state index contributed by atoms with van der Waals surface area (Å²) in [6.07, 6.45) is 1.58. The highest BCUT2D eigenvalue weighted by Crippen LogP contribution is 2.24. The molecular formula is C24H21ClN4O2. The number of benzene rings is 2. The lowest BCUT2D eigenvalue weighted by molar-refractivity contribution is -0.114. The summed E-state index contributed by atoms with van der Waals surface area (Å²) in [5.41, 5.74) is 4.78. The lowest BCUT2D eigenvalue weighted by Crippen LogP contribution is -2.13. The van der Waals surface area contributed by atoms with E-state index in [1.807, 2.05) is 54.8 Å². The van der Waals surface area contributed by atoms with E-state index in [0.29, 0.717) is 16.4 Å². The van der Waals surface area contributed by atoms with Gasteiger partial charge in [-0.2, -0.15) is 5.26 Å². The number of amides is 2. The second kappa shape index (κ2) is 9.33. The van der Waals surface area contributed by atoms with Gasteiger partial charge in [-0.3, -0.25) is 9.59 Å². The molecule has 0 aliphatic heterocycles. The Bertz CT molecular complexity index is 1200. The van der Waals surface area contributed by atoms with Crippen LogP contribution < -0.4 is 10.6 Å². The summed E-state index contributed by atoms with van der Waals surface area (Å²) < 4.78 is 2.02. The van der Waals surface area contributed by atoms with E-state index in [-0.39, 0.29) is 11.5 Å². The van der Waals surface area contributed by atoms with Gasteiger partial charge in [0.2, 0.25) is 5.91 Å². The van der Waals surface area contributed by atoms with Crippen LogP contribution in [0, 0.1) is 25.2 Å². The van der Waals surface area contributed by atoms with Crippen molar-refractivity contribution in [3.63, 3.8) is 0 Å². The molecule has 3 aromatic rings. The minimum absolute atomic E-state index is 0.00351. The lowest BCUT2D eigenvalue weighted by Gasteiger charge is -2.11. The molecule has 0 aliphatic carbocycles. The summed E-state index contributed by atoms with van der Waals surface area (Å²) >= 11 is 5.86. The topological polar surface area (TPSA) is 86.9 Å². The fraction of sp³-hybridized carbons (Fsp3) is 0.125. The molecule has 156 valence electrons. The average Bonchev–Trinajstić information content (AvgIpc) is 3.01. The Morgan fingerprint density at radius 3 is 2.16 bits per heavy atom. The number of anilines is 2. The Balaban J connectivity index is 1.88. The van der Waals surface area contributed by atoms with Crippen molar-refractivity contribution in [3.05, 3.63) is 82.1 Å². The Kier molecular flexibility index (Phi) is 6.58. The number of hydrogen-bond donors (Lipinski definition) is 2. The zero-order valence-corrected chi connectivity index (χ0v) is 18.1. The van der Waals surface area contributed by atoms with E-state index < -0.39 is 5.91 Å². The fourth-order valence-corrected chi connectivity index (χ4v) is 3.39. The fourth-order valence-electron chi connectivity index (χ4n) is 3.26. The average molecular weight is 433 g/mol. The highest BCUT2D eigenvalue weighted by atomic mass is 35.5. The molecule has 0 saturated heterocycles. The quantitative estimate of drug-likeness (QED) is 0.426. The van der Waals surface area contributed by atoms with Gasteiger partial charge in [-0.1, -0.05) is 11.6 Å². The van der Waals surface area contributed by atoms with E-state index in [2.05, 4.69) is 10.6 Å². The minimum atomic E-state index is -0.491. The SMILES string of the molecule is CC(=O)Nc1ccc(-n2c(C)cc(/C=C(/C#N)C(=O)Nc3ccc(Cl)cc3)c2C)cc1. The zero-order chi connectivity index (χ0) is 22.5. The number of hydrogen-bond acceptors (Lipinski definition) is 3. The predicted octanol–water partition coefficient (Wildman–Crippen LogP) is 5.25. The van der Waals surface area contributed by atoms with Gasteiger partial charge < -0.3 is 15.2 Å². The largest absolute Gasteiger partial charge is 0.326 e. The van der Waals surface area contributed by atoms with Crippen LogP contribution in [-0.4, -0.2) is 16.4 Å². The van der Waals surface area contributed by atoms with Crippen LogP contribution in [0.4, 0.5) is 11.4 Å². The molecule has 0 radical (unpaired) electrons. The van der Waals surface area contributed by atoms with Gasteiger partial charge >= 0.3 is 0 Å². The molecule has 0 bridgehead atoms. The third kappa shape index (κ3) is 5.21. The van der Waals surface area contributed by atoms with Crippen LogP contribution in [0.15, 0.2) is 60.2 Å². The number of carbonyl (C=O) groups is 2. The first-order valence-corrected chi connectivity index (χ1v) is 9.92. The summed E-state index contributed by atoms with van der Waals surface area (Å²) in [5, 5.41) is 15.5. The molecule has 1 aromatic heterocycles. The van der Waals surface area contributed by atoms with Gasteiger partial charge in [0.15, 0.2) is 0 Å². The Morgan fingerprint density at radius 2 is 1.58 bits per heavy atom. The van der Waals surface area contributed by atoms with Crippen molar-refractivity contribution >= 4 is 40.9 Å². The van der Waals surface area contributed by atoms with Gasteiger partial charge in [-0.05, 0) is 80.1 Å². The van der Waals surface area contributed by atoms with Crippen molar-refractivity contribution in [3.8, 4) is 11.8 Å². The molecule has 0 unspecified atom stereocenters. The van der Waals surface area contributed by atoms with E-state index in [1.54, 1.807) is 30.3 Å². The van der Waals surface area contributed by atoms with Crippen LogP contribution in [0.5, 0.6) is 0 Å². The Labute approximate surface area is 185 Å². The van der Waals surface area contributed by atoms with E-state index in [1.165, 1.54) is 6.92 Å². The number of nitrogens with zero attached hydrogens (tertiary/aromatic N) is 2. The molecule has 31 heavy (non-hydrogen) atoms. The van der Waals surface area contributed by atoms with Gasteiger partial charge in [0.05, 0.1) is 0 Å². The van der Waals surface area contributed by atoms with Crippen LogP contribution >= 0.6 is 11.6 Å². The van der Waals surface area contributed by atoms with E-state index >= 15 is 0 Å². The molecule has 2 N–H and O–H groups in total. The van der Waals surface area contributed by atoms with Crippen molar-refractivity contribution in [1.29, 1.82) is 5.26 Å². The number of nitriles is 1. The Morgan fingerprint density at radius 1 is 1.00 bits per heavy atom. The standard InChI is InChI=1S/C24H21ClN4O2/c1-15-12-18(13-19(14-26)24(31)28-22-6-4-20(25)5-7-22)16(2)29(15)23-10-8-21(9-11-23)27-17(3)30/h4-13H,1-3H3,(H,27,30)(H,28,31)/b19-13-. The monoisotopic (exact) mass is 432 g/mol. The minimum Gasteiger partial charge on any atom is -0.326 e. The highest BCUT2D eigenvalue weighted by Gasteiger charge is 2.14. The van der Waals surface area contributed by atoms with Gasteiger partial charge in [0.25, 0.3) is 5.91 Å². The van der Waals surface area contributed by atoms with Crippen LogP contribution in [0.25, 0.3) is 11.8 Å². The first kappa shape index (κ1) is 21.9. The molecule has 0 saturated carbocycles. The first-order chi connectivity index (χ1) is 14.8. The van der Waals surface area contributed by atoms with Gasteiger partial charge in [-0.25, -0.2) is 0 Å². The van der Waals surface area contributed by atoms with Crippen molar-refractivity contribution < 1.29 is 9.59 Å². The number of aryl methyl sites for hydroxylation is 1. The van der Waals surface area contributed by atoms with Crippen LogP contribution in [0.3, 0.4) is 0 Å². The van der Waals surface area contributed by atoms with Crippen molar-refractivity contribution in [2.24, 2.45) is 0 Å². The molecular weight excluding hydrogens is 412 g/mol. The zero-order valence-electron chi connectivity index (χ0n) is 17.4. The molecule has 0 fully saturated rings. The molecule has 0 atom stereocenters. The molecule has 2 amide bonds. The summed E-state index contributed by atoms with van der Waals surface area (Å²) in [5.74, 6) is -0.622. The van der Waals surface area contributed by atoms with Crippen LogP contribution in [-0.2, 0) is 9.59 Å². The van der Waals surface area contributed by atoms with Gasteiger partial charge in [0.1, 0.15) is 11.6 Å². The molecule has 1 heterocycles. The van der Waals surface area contributed by atoms with E-state index in [4.69, 9.17) is 11.6 Å². The smallest absolute Gasteiger partial charge is 0.266 e. The molecule has 3 rings (SSSR count). The predicted molar refractivity (Wildman–Crippen MR) is 123 cm³/mol. The maximum atomic E-state index is 12.6. The molecule has 0 aliphatic rings. The lowest BCUT2D eigenvalue weighted by atomic mass is 10.1. The summed E-state index contributed by atoms with van der Waals surface area (Å²) in [6, 6.07) is 18.0. The third-order valence-corrected chi connectivity index (χ3v) is 4.94. The normalized spacial score (nSPS) is 11.0. The second-order valence-electron chi connectivity index (χ2n) is 7.02. The van der Waals surface area contributed by atoms with Gasteiger partial charge in [0, 0.05) is 40.4 Å². The molecule has 7 heteroatoms. The summed E-state index contributed by atoms with van der Waals surface area (Å²) in [7, 11) is 0.